The van der Waals surface area contributed by atoms with Gasteiger partial charge in [0.25, 0.3) is 0 Å². The summed E-state index contributed by atoms with van der Waals surface area (Å²) in [5, 5.41) is 11.3. The molecule has 0 bridgehead atoms. The van der Waals surface area contributed by atoms with E-state index in [2.05, 4.69) is 16.8 Å². The summed E-state index contributed by atoms with van der Waals surface area (Å²) in [6, 6.07) is 0. The maximum absolute atomic E-state index is 9.58. The van der Waals surface area contributed by atoms with Gasteiger partial charge in [-0.2, -0.15) is 0 Å². The van der Waals surface area contributed by atoms with Crippen molar-refractivity contribution in [3.63, 3.8) is 0 Å². The van der Waals surface area contributed by atoms with E-state index in [1.807, 2.05) is 0 Å². The molecule has 0 saturated carbocycles. The predicted octanol–water partition coefficient (Wildman–Crippen LogP) is 0.932. The Hall–Kier alpha value is -0.810. The molecule has 1 aromatic rings. The molecular formula is C9H15N3OS. The lowest BCUT2D eigenvalue weighted by atomic mass is 9.97. The molecule has 0 aliphatic carbocycles. The number of rotatable bonds is 1. The van der Waals surface area contributed by atoms with Gasteiger partial charge in [-0.1, -0.05) is 18.3 Å². The molecule has 0 aromatic carbocycles. The Labute approximate surface area is 87.4 Å². The molecule has 5 heteroatoms. The summed E-state index contributed by atoms with van der Waals surface area (Å²) in [7, 11) is 0. The first-order chi connectivity index (χ1) is 6.66. The van der Waals surface area contributed by atoms with Crippen molar-refractivity contribution in [1.29, 1.82) is 0 Å². The van der Waals surface area contributed by atoms with Crippen LogP contribution in [0.25, 0.3) is 0 Å². The molecule has 0 radical (unpaired) electrons. The van der Waals surface area contributed by atoms with Crippen LogP contribution in [0.1, 0.15) is 13.3 Å². The Morgan fingerprint density at radius 2 is 2.50 bits per heavy atom. The molecule has 4 nitrogen and oxygen atoms in total. The minimum atomic E-state index is -0.163. The first kappa shape index (κ1) is 9.73. The molecule has 2 rings (SSSR count). The summed E-state index contributed by atoms with van der Waals surface area (Å²) in [6.45, 7) is 3.81. The predicted molar refractivity (Wildman–Crippen MR) is 58.5 cm³/mol. The molecule has 1 aromatic heterocycles. The van der Waals surface area contributed by atoms with Gasteiger partial charge < -0.3 is 15.7 Å². The molecule has 1 aliphatic rings. The number of hydrogen-bond acceptors (Lipinski definition) is 5. The average molecular weight is 213 g/mol. The molecule has 2 unspecified atom stereocenters. The third-order valence-corrected chi connectivity index (χ3v) is 3.53. The number of piperidine rings is 1. The van der Waals surface area contributed by atoms with Gasteiger partial charge in [0.15, 0.2) is 5.13 Å². The molecule has 3 N–H and O–H groups in total. The number of aliphatic hydroxyl groups excluding tert-OH is 1. The van der Waals surface area contributed by atoms with Gasteiger partial charge in [0.2, 0.25) is 0 Å². The lowest BCUT2D eigenvalue weighted by molar-refractivity contribution is 0.0971. The first-order valence-electron chi connectivity index (χ1n) is 4.81. The fourth-order valence-electron chi connectivity index (χ4n) is 1.73. The molecule has 1 saturated heterocycles. The van der Waals surface area contributed by atoms with Crippen LogP contribution >= 0.6 is 11.3 Å². The van der Waals surface area contributed by atoms with Crippen molar-refractivity contribution in [1.82, 2.24) is 4.98 Å². The Bertz CT molecular complexity index is 315. The number of hydrogen-bond donors (Lipinski definition) is 2. The lowest BCUT2D eigenvalue weighted by Crippen LogP contribution is -2.41. The van der Waals surface area contributed by atoms with Gasteiger partial charge in [0.05, 0.1) is 12.3 Å². The lowest BCUT2D eigenvalue weighted by Gasteiger charge is -2.34. The monoisotopic (exact) mass is 213 g/mol. The maximum Gasteiger partial charge on any atom is 0.187 e. The number of anilines is 2. The molecule has 78 valence electrons. The van der Waals surface area contributed by atoms with Crippen molar-refractivity contribution >= 4 is 21.5 Å². The Morgan fingerprint density at radius 3 is 3.07 bits per heavy atom. The number of nitrogen functional groups attached to an aromatic ring is 1. The van der Waals surface area contributed by atoms with Gasteiger partial charge in [-0.05, 0) is 12.3 Å². The zero-order valence-electron chi connectivity index (χ0n) is 8.18. The van der Waals surface area contributed by atoms with Crippen LogP contribution < -0.4 is 10.6 Å². The normalized spacial score (nSPS) is 28.0. The van der Waals surface area contributed by atoms with Crippen molar-refractivity contribution in [2.45, 2.75) is 19.4 Å². The van der Waals surface area contributed by atoms with Gasteiger partial charge in [-0.15, -0.1) is 0 Å². The van der Waals surface area contributed by atoms with Gasteiger partial charge in [0, 0.05) is 13.1 Å². The van der Waals surface area contributed by atoms with Crippen LogP contribution in [0.4, 0.5) is 10.1 Å². The molecule has 2 heterocycles. The number of aliphatic hydroxyl groups is 1. The van der Waals surface area contributed by atoms with Crippen LogP contribution in [-0.2, 0) is 0 Å². The Morgan fingerprint density at radius 1 is 1.71 bits per heavy atom. The zero-order valence-corrected chi connectivity index (χ0v) is 9.00. The van der Waals surface area contributed by atoms with Crippen LogP contribution in [-0.4, -0.2) is 29.3 Å². The second-order valence-corrected chi connectivity index (χ2v) is 4.87. The van der Waals surface area contributed by atoms with Gasteiger partial charge in [0.1, 0.15) is 5.00 Å². The summed E-state index contributed by atoms with van der Waals surface area (Å²) in [5.41, 5.74) is 5.63. The average Bonchev–Trinajstić information content (AvgIpc) is 2.57. The first-order valence-corrected chi connectivity index (χ1v) is 5.63. The van der Waals surface area contributed by atoms with Crippen LogP contribution in [0.2, 0.25) is 0 Å². The molecular weight excluding hydrogens is 198 g/mol. The number of aromatic nitrogens is 1. The quantitative estimate of drug-likeness (QED) is 0.728. The summed E-state index contributed by atoms with van der Waals surface area (Å²) >= 11 is 1.51. The standard InChI is InChI=1S/C9H15N3OS/c1-6-5-12(3-2-7(6)13)9-11-4-8(10)14-9/h4,6-7,13H,2-3,5,10H2,1H3. The number of nitrogens with zero attached hydrogens (tertiary/aromatic N) is 2. The van der Waals surface area contributed by atoms with E-state index in [1.54, 1.807) is 6.20 Å². The van der Waals surface area contributed by atoms with E-state index in [0.29, 0.717) is 5.92 Å². The van der Waals surface area contributed by atoms with E-state index in [4.69, 9.17) is 5.73 Å². The molecule has 0 amide bonds. The molecule has 2 atom stereocenters. The van der Waals surface area contributed by atoms with Gasteiger partial charge >= 0.3 is 0 Å². The summed E-state index contributed by atoms with van der Waals surface area (Å²) in [5.74, 6) is 0.314. The topological polar surface area (TPSA) is 62.4 Å². The number of thiazole rings is 1. The summed E-state index contributed by atoms with van der Waals surface area (Å²) < 4.78 is 0. The minimum absolute atomic E-state index is 0.163. The SMILES string of the molecule is CC1CN(c2ncc(N)s2)CCC1O. The minimum Gasteiger partial charge on any atom is -0.393 e. The second-order valence-electron chi connectivity index (χ2n) is 3.82. The van der Waals surface area contributed by atoms with E-state index in [1.165, 1.54) is 11.3 Å². The van der Waals surface area contributed by atoms with Crippen molar-refractivity contribution in [2.24, 2.45) is 5.92 Å². The van der Waals surface area contributed by atoms with Crippen LogP contribution in [0, 0.1) is 5.92 Å². The van der Waals surface area contributed by atoms with E-state index < -0.39 is 0 Å². The second kappa shape index (κ2) is 3.74. The fourth-order valence-corrected chi connectivity index (χ4v) is 2.45. The van der Waals surface area contributed by atoms with Crippen molar-refractivity contribution < 1.29 is 5.11 Å². The van der Waals surface area contributed by atoms with E-state index >= 15 is 0 Å². The smallest absolute Gasteiger partial charge is 0.187 e. The molecule has 1 fully saturated rings. The van der Waals surface area contributed by atoms with E-state index in [-0.39, 0.29) is 6.10 Å². The van der Waals surface area contributed by atoms with Crippen LogP contribution in [0.15, 0.2) is 6.20 Å². The third kappa shape index (κ3) is 1.83. The Balaban J connectivity index is 2.06. The van der Waals surface area contributed by atoms with Crippen LogP contribution in [0.5, 0.6) is 0 Å². The highest BCUT2D eigenvalue weighted by atomic mass is 32.1. The highest BCUT2D eigenvalue weighted by molar-refractivity contribution is 7.19. The van der Waals surface area contributed by atoms with E-state index in [9.17, 15) is 5.11 Å². The maximum atomic E-state index is 9.58. The van der Waals surface area contributed by atoms with Crippen LogP contribution in [0.3, 0.4) is 0 Å². The zero-order chi connectivity index (χ0) is 10.1. The Kier molecular flexibility index (Phi) is 2.60. The fraction of sp³-hybridized carbons (Fsp3) is 0.667. The molecule has 14 heavy (non-hydrogen) atoms. The number of nitrogens with two attached hydrogens (primary N) is 1. The van der Waals surface area contributed by atoms with Crippen molar-refractivity contribution in [3.05, 3.63) is 6.20 Å². The van der Waals surface area contributed by atoms with Gasteiger partial charge in [-0.3, -0.25) is 0 Å². The van der Waals surface area contributed by atoms with E-state index in [0.717, 1.165) is 29.6 Å². The highest BCUT2D eigenvalue weighted by Crippen LogP contribution is 2.28. The molecule has 1 aliphatic heterocycles. The summed E-state index contributed by atoms with van der Waals surface area (Å²) in [6.07, 6.45) is 2.35. The largest absolute Gasteiger partial charge is 0.393 e. The highest BCUT2D eigenvalue weighted by Gasteiger charge is 2.25. The van der Waals surface area contributed by atoms with Crippen molar-refractivity contribution in [3.8, 4) is 0 Å². The third-order valence-electron chi connectivity index (χ3n) is 2.64. The van der Waals surface area contributed by atoms with Crippen molar-refractivity contribution in [2.75, 3.05) is 23.7 Å². The van der Waals surface area contributed by atoms with Gasteiger partial charge in [-0.25, -0.2) is 4.98 Å². The molecule has 0 spiro atoms. The summed E-state index contributed by atoms with van der Waals surface area (Å²) in [4.78, 5) is 6.43.